The van der Waals surface area contributed by atoms with E-state index in [-0.39, 0.29) is 16.6 Å². The quantitative estimate of drug-likeness (QED) is 0.817. The number of ether oxygens (including phenoxy) is 1. The molecule has 1 aromatic carbocycles. The highest BCUT2D eigenvalue weighted by Gasteiger charge is 2.21. The van der Waals surface area contributed by atoms with Crippen LogP contribution in [0.5, 0.6) is 5.75 Å². The number of benzene rings is 1. The Bertz CT molecular complexity index is 705. The predicted octanol–water partition coefficient (Wildman–Crippen LogP) is 0.787. The largest absolute Gasteiger partial charge is 0.495 e. The lowest BCUT2D eigenvalue weighted by Crippen LogP contribution is -2.16. The van der Waals surface area contributed by atoms with Gasteiger partial charge in [0.1, 0.15) is 10.6 Å². The van der Waals surface area contributed by atoms with Crippen LogP contribution in [0.15, 0.2) is 41.6 Å². The lowest BCUT2D eigenvalue weighted by Gasteiger charge is -2.12. The van der Waals surface area contributed by atoms with Crippen molar-refractivity contribution in [3.05, 3.63) is 42.2 Å². The molecule has 1 heterocycles. The van der Waals surface area contributed by atoms with Gasteiger partial charge in [0.05, 0.1) is 7.11 Å². The molecule has 0 saturated carbocycles. The minimum Gasteiger partial charge on any atom is -0.495 e. The third-order valence-corrected chi connectivity index (χ3v) is 4.09. The van der Waals surface area contributed by atoms with E-state index in [9.17, 15) is 8.42 Å². The monoisotopic (exact) mass is 308 g/mol. The summed E-state index contributed by atoms with van der Waals surface area (Å²) in [7, 11) is -2.43. The van der Waals surface area contributed by atoms with Crippen LogP contribution in [0.25, 0.3) is 0 Å². The van der Waals surface area contributed by atoms with E-state index in [0.717, 1.165) is 5.56 Å². The molecule has 0 amide bonds. The lowest BCUT2D eigenvalue weighted by molar-refractivity contribution is 0.402. The van der Waals surface area contributed by atoms with Crippen molar-refractivity contribution in [1.29, 1.82) is 0 Å². The summed E-state index contributed by atoms with van der Waals surface area (Å²) in [6.45, 7) is 0.432. The Morgan fingerprint density at radius 3 is 2.62 bits per heavy atom. The summed E-state index contributed by atoms with van der Waals surface area (Å²) in [6.07, 6.45) is 3.48. The molecule has 0 spiro atoms. The highest BCUT2D eigenvalue weighted by molar-refractivity contribution is 7.92. The van der Waals surface area contributed by atoms with Crippen LogP contribution in [0.1, 0.15) is 5.56 Å². The fourth-order valence-electron chi connectivity index (χ4n) is 1.78. The molecular weight excluding hydrogens is 292 g/mol. The Labute approximate surface area is 123 Å². The third-order valence-electron chi connectivity index (χ3n) is 2.74. The van der Waals surface area contributed by atoms with E-state index < -0.39 is 10.0 Å². The molecule has 0 aliphatic rings. The van der Waals surface area contributed by atoms with Gasteiger partial charge in [-0.3, -0.25) is 0 Å². The summed E-state index contributed by atoms with van der Waals surface area (Å²) >= 11 is 0. The molecule has 0 radical (unpaired) electrons. The average Bonchev–Trinajstić information content (AvgIpc) is 2.48. The first-order chi connectivity index (χ1) is 10.1. The number of sulfonamides is 1. The summed E-state index contributed by atoms with van der Waals surface area (Å²) in [5.41, 5.74) is 6.31. The molecule has 0 atom stereocenters. The van der Waals surface area contributed by atoms with Gasteiger partial charge in [0, 0.05) is 12.4 Å². The number of nitrogens with one attached hydrogen (secondary N) is 1. The molecule has 0 aliphatic heterocycles. The highest BCUT2D eigenvalue weighted by Crippen LogP contribution is 2.26. The summed E-state index contributed by atoms with van der Waals surface area (Å²) in [5.74, 6) is 0.253. The first-order valence-corrected chi connectivity index (χ1v) is 7.72. The molecule has 0 aliphatic carbocycles. The van der Waals surface area contributed by atoms with Gasteiger partial charge >= 0.3 is 0 Å². The van der Waals surface area contributed by atoms with Crippen LogP contribution in [0.4, 0.5) is 5.95 Å². The molecule has 2 rings (SSSR count). The lowest BCUT2D eigenvalue weighted by atomic mass is 10.1. The van der Waals surface area contributed by atoms with Crippen molar-refractivity contribution in [2.45, 2.75) is 11.3 Å². The number of rotatable bonds is 6. The molecule has 8 heteroatoms. The van der Waals surface area contributed by atoms with E-state index in [0.29, 0.717) is 13.0 Å². The average molecular weight is 308 g/mol. The van der Waals surface area contributed by atoms with Gasteiger partial charge < -0.3 is 10.5 Å². The van der Waals surface area contributed by atoms with Crippen LogP contribution in [0.2, 0.25) is 0 Å². The van der Waals surface area contributed by atoms with Crippen molar-refractivity contribution in [2.75, 3.05) is 18.4 Å². The number of methoxy groups -OCH3 is 1. The van der Waals surface area contributed by atoms with Crippen LogP contribution >= 0.6 is 0 Å². The van der Waals surface area contributed by atoms with Gasteiger partial charge in [0.2, 0.25) is 5.95 Å². The molecule has 0 unspecified atom stereocenters. The number of hydrogen-bond acceptors (Lipinski definition) is 6. The first kappa shape index (κ1) is 15.2. The van der Waals surface area contributed by atoms with Gasteiger partial charge in [-0.2, -0.15) is 0 Å². The van der Waals surface area contributed by atoms with Gasteiger partial charge in [0.15, 0.2) is 0 Å². The van der Waals surface area contributed by atoms with Crippen molar-refractivity contribution in [2.24, 2.45) is 5.73 Å². The first-order valence-electron chi connectivity index (χ1n) is 6.23. The summed E-state index contributed by atoms with van der Waals surface area (Å²) in [6, 6.07) is 6.52. The van der Waals surface area contributed by atoms with Gasteiger partial charge in [0.25, 0.3) is 10.0 Å². The standard InChI is InChI=1S/C13H16N4O3S/c1-20-11-4-3-10(5-6-14)9-12(11)21(18,19)17-13-15-7-2-8-16-13/h2-4,7-9H,5-6,14H2,1H3,(H,15,16,17). The maximum Gasteiger partial charge on any atom is 0.267 e. The van der Waals surface area contributed by atoms with Crippen molar-refractivity contribution in [3.63, 3.8) is 0 Å². The molecule has 2 aromatic rings. The van der Waals surface area contributed by atoms with Crippen LogP contribution < -0.4 is 15.2 Å². The normalized spacial score (nSPS) is 11.1. The fourth-order valence-corrected chi connectivity index (χ4v) is 2.96. The van der Waals surface area contributed by atoms with Gasteiger partial charge in [-0.15, -0.1) is 0 Å². The highest BCUT2D eigenvalue weighted by atomic mass is 32.2. The fraction of sp³-hybridized carbons (Fsp3) is 0.231. The Morgan fingerprint density at radius 1 is 1.29 bits per heavy atom. The Hall–Kier alpha value is -2.19. The van der Waals surface area contributed by atoms with Crippen LogP contribution in [0.3, 0.4) is 0 Å². The van der Waals surface area contributed by atoms with Gasteiger partial charge in [-0.25, -0.2) is 23.1 Å². The number of hydrogen-bond donors (Lipinski definition) is 2. The number of nitrogens with two attached hydrogens (primary N) is 1. The van der Waals surface area contributed by atoms with E-state index in [1.807, 2.05) is 0 Å². The van der Waals surface area contributed by atoms with Gasteiger partial charge in [-0.05, 0) is 36.7 Å². The minimum absolute atomic E-state index is 0.00350. The number of nitrogens with zero attached hydrogens (tertiary/aromatic N) is 2. The molecule has 0 bridgehead atoms. The molecule has 0 saturated heterocycles. The molecule has 1 aromatic heterocycles. The maximum atomic E-state index is 12.4. The Kier molecular flexibility index (Phi) is 4.71. The molecule has 0 fully saturated rings. The third kappa shape index (κ3) is 3.67. The topological polar surface area (TPSA) is 107 Å². The Balaban J connectivity index is 2.40. The smallest absolute Gasteiger partial charge is 0.267 e. The number of aromatic nitrogens is 2. The zero-order valence-corrected chi connectivity index (χ0v) is 12.3. The molecule has 112 valence electrons. The summed E-state index contributed by atoms with van der Waals surface area (Å²) in [5, 5.41) is 0. The van der Waals surface area contributed by atoms with E-state index in [1.54, 1.807) is 18.2 Å². The van der Waals surface area contributed by atoms with E-state index in [4.69, 9.17) is 10.5 Å². The van der Waals surface area contributed by atoms with Gasteiger partial charge in [-0.1, -0.05) is 6.07 Å². The number of anilines is 1. The zero-order chi connectivity index (χ0) is 15.3. The zero-order valence-electron chi connectivity index (χ0n) is 11.5. The van der Waals surface area contributed by atoms with Crippen molar-refractivity contribution in [1.82, 2.24) is 9.97 Å². The molecular formula is C13H16N4O3S. The van der Waals surface area contributed by atoms with Crippen LogP contribution in [-0.4, -0.2) is 32.0 Å². The maximum absolute atomic E-state index is 12.4. The summed E-state index contributed by atoms with van der Waals surface area (Å²) < 4.78 is 32.3. The second-order valence-electron chi connectivity index (χ2n) is 4.20. The summed E-state index contributed by atoms with van der Waals surface area (Å²) in [4.78, 5) is 7.71. The van der Waals surface area contributed by atoms with Crippen molar-refractivity contribution < 1.29 is 13.2 Å². The van der Waals surface area contributed by atoms with Crippen molar-refractivity contribution >= 4 is 16.0 Å². The van der Waals surface area contributed by atoms with E-state index in [1.165, 1.54) is 25.6 Å². The SMILES string of the molecule is COc1ccc(CCN)cc1S(=O)(=O)Nc1ncccn1. The minimum atomic E-state index is -3.84. The Morgan fingerprint density at radius 2 is 2.00 bits per heavy atom. The molecule has 7 nitrogen and oxygen atoms in total. The molecule has 3 N–H and O–H groups in total. The van der Waals surface area contributed by atoms with E-state index >= 15 is 0 Å². The van der Waals surface area contributed by atoms with E-state index in [2.05, 4.69) is 14.7 Å². The van der Waals surface area contributed by atoms with Crippen LogP contribution in [0, 0.1) is 0 Å². The molecule has 21 heavy (non-hydrogen) atoms. The second kappa shape index (κ2) is 6.51. The predicted molar refractivity (Wildman–Crippen MR) is 78.6 cm³/mol. The van der Waals surface area contributed by atoms with Crippen molar-refractivity contribution in [3.8, 4) is 5.75 Å². The van der Waals surface area contributed by atoms with Crippen LogP contribution in [-0.2, 0) is 16.4 Å². The second-order valence-corrected chi connectivity index (χ2v) is 5.85.